The maximum atomic E-state index is 15.4. The van der Waals surface area contributed by atoms with E-state index in [-0.39, 0.29) is 34.5 Å². The van der Waals surface area contributed by atoms with Gasteiger partial charge in [-0.25, -0.2) is 17.6 Å². The van der Waals surface area contributed by atoms with Crippen LogP contribution in [0, 0.1) is 189 Å². The number of carbonyl (C=O) groups excluding carboxylic acids is 1. The van der Waals surface area contributed by atoms with Crippen molar-refractivity contribution in [3.05, 3.63) is 403 Å². The van der Waals surface area contributed by atoms with E-state index in [1.165, 1.54) is 128 Å². The number of alkyl halides is 2. The van der Waals surface area contributed by atoms with E-state index in [0.717, 1.165) is 118 Å². The van der Waals surface area contributed by atoms with Crippen LogP contribution in [0.4, 0.5) is 26.3 Å². The third kappa shape index (κ3) is 18.6. The highest BCUT2D eigenvalue weighted by Gasteiger charge is 2.39. The summed E-state index contributed by atoms with van der Waals surface area (Å²) in [6.07, 6.45) is -1.83. The van der Waals surface area contributed by atoms with Crippen molar-refractivity contribution in [1.82, 2.24) is 0 Å². The monoisotopic (exact) mass is 1650 g/mol. The highest BCUT2D eigenvalue weighted by Crippen LogP contribution is 2.44. The van der Waals surface area contributed by atoms with Crippen LogP contribution in [0.15, 0.2) is 218 Å². The third-order valence-electron chi connectivity index (χ3n) is 25.7. The number of halogens is 6. The van der Waals surface area contributed by atoms with Crippen LogP contribution in [0.1, 0.15) is 166 Å². The van der Waals surface area contributed by atoms with E-state index in [2.05, 4.69) is 233 Å². The van der Waals surface area contributed by atoms with Gasteiger partial charge in [-0.05, 0) is 455 Å². The number of aryl methyl sites for hydroxylation is 21. The molecule has 0 radical (unpaired) electrons. The molecule has 124 heavy (non-hydrogen) atoms. The largest absolute Gasteiger partial charge is 0.429 e. The van der Waals surface area contributed by atoms with Gasteiger partial charge in [0.1, 0.15) is 29.0 Å². The van der Waals surface area contributed by atoms with Crippen molar-refractivity contribution >= 4 is 48.9 Å². The molecule has 0 saturated heterocycles. The fraction of sp³-hybridized carbons (Fsp3) is 0.233. The van der Waals surface area contributed by atoms with Gasteiger partial charge < -0.3 is 4.74 Å². The molecule has 0 aliphatic heterocycles. The maximum Gasteiger partial charge on any atom is 0.427 e. The third-order valence-corrected chi connectivity index (χ3v) is 25.7. The Morgan fingerprint density at radius 1 is 0.266 bits per heavy atom. The standard InChI is InChI=1S/C30H31F.C29H27F3O.C29H27FO.C28H27F/c1-18-7-10-25(11-8-18)26-15-21(4)30-23(6)28(20(3)14-27(30)17-26)12-9-24-13-19(2)22(5)29(31)16-24;1-16-7-9-22(10-8-16)23-11-18(3)27-21(6)28(19(4)12-24(27)14-23)29(31,32)33-25-13-17(2)20(5)26(30)15-25;1-16-7-9-22(10-8-16)23-12-18(3)27-21(6)28(19(4)13-24(27)14-23)29(31)25-11-17(2)20(5)26(30)15-25;1-16-7-9-22(10-8-16)23-12-18(3)27-21(6)28(19(4)13-24(27)14-23)25-11-17(2)20(5)26(29)15-25/h7-8,10-11,13-17H,9,12H2,1-6H3;7-15H,1-6H3;7-15H,1-6H3;7-15H,1-6H3. The molecule has 0 aliphatic rings. The van der Waals surface area contributed by atoms with Gasteiger partial charge in [0, 0.05) is 17.2 Å². The van der Waals surface area contributed by atoms with Crippen molar-refractivity contribution in [2.45, 2.75) is 185 Å². The minimum absolute atomic E-state index is 0.0959. The van der Waals surface area contributed by atoms with Crippen molar-refractivity contribution in [2.24, 2.45) is 0 Å². The molecule has 0 unspecified atom stereocenters. The fourth-order valence-corrected chi connectivity index (χ4v) is 18.4. The summed E-state index contributed by atoms with van der Waals surface area (Å²) in [7, 11) is 0. The zero-order valence-corrected chi connectivity index (χ0v) is 76.3. The van der Waals surface area contributed by atoms with Gasteiger partial charge in [0.05, 0.1) is 5.56 Å². The van der Waals surface area contributed by atoms with Crippen LogP contribution in [-0.4, -0.2) is 5.78 Å². The van der Waals surface area contributed by atoms with E-state index >= 15 is 8.78 Å². The lowest BCUT2D eigenvalue weighted by Gasteiger charge is -2.24. The number of ketones is 1. The Morgan fingerprint density at radius 2 is 0.605 bits per heavy atom. The highest BCUT2D eigenvalue weighted by atomic mass is 19.3. The van der Waals surface area contributed by atoms with Crippen molar-refractivity contribution in [2.75, 3.05) is 0 Å². The predicted molar refractivity (Wildman–Crippen MR) is 511 cm³/mol. The number of carbonyl (C=O) groups is 1. The Bertz CT molecular complexity index is 6810. The molecule has 0 aromatic heterocycles. The molecule has 16 aromatic carbocycles. The van der Waals surface area contributed by atoms with Crippen molar-refractivity contribution < 1.29 is 35.9 Å². The topological polar surface area (TPSA) is 26.3 Å². The molecule has 0 spiro atoms. The Kier molecular flexibility index (Phi) is 26.1. The first-order chi connectivity index (χ1) is 58.6. The molecule has 0 N–H and O–H groups in total. The molecule has 0 amide bonds. The van der Waals surface area contributed by atoms with Gasteiger partial charge >= 0.3 is 6.11 Å². The molecule has 8 heteroatoms. The number of ether oxygens (including phenoxy) is 1. The normalized spacial score (nSPS) is 11.4. The molecule has 16 aromatic rings. The van der Waals surface area contributed by atoms with Gasteiger partial charge in [-0.3, -0.25) is 4.79 Å². The number of benzene rings is 16. The lowest BCUT2D eigenvalue weighted by Crippen LogP contribution is -2.25. The second-order valence-electron chi connectivity index (χ2n) is 35.0. The van der Waals surface area contributed by atoms with Crippen LogP contribution in [-0.2, 0) is 19.0 Å². The van der Waals surface area contributed by atoms with Crippen LogP contribution in [0.5, 0.6) is 5.75 Å². The Labute approximate surface area is 729 Å². The minimum atomic E-state index is -3.61. The van der Waals surface area contributed by atoms with E-state index in [0.29, 0.717) is 38.9 Å². The first kappa shape index (κ1) is 89.4. The van der Waals surface area contributed by atoms with E-state index in [1.54, 1.807) is 58.9 Å². The Morgan fingerprint density at radius 3 is 1.02 bits per heavy atom. The molecule has 2 nitrogen and oxygen atoms in total. The summed E-state index contributed by atoms with van der Waals surface area (Å²) in [5.41, 5.74) is 38.1. The van der Waals surface area contributed by atoms with Crippen LogP contribution in [0.3, 0.4) is 0 Å². The van der Waals surface area contributed by atoms with E-state index in [4.69, 9.17) is 4.74 Å². The summed E-state index contributed by atoms with van der Waals surface area (Å²) >= 11 is 0. The van der Waals surface area contributed by atoms with Gasteiger partial charge in [0.2, 0.25) is 0 Å². The van der Waals surface area contributed by atoms with Gasteiger partial charge in [-0.1, -0.05) is 180 Å². The zero-order chi connectivity index (χ0) is 89.7. The molecule has 0 bridgehead atoms. The average molecular weight is 1650 g/mol. The molecule has 0 fully saturated rings. The van der Waals surface area contributed by atoms with E-state index in [1.807, 2.05) is 74.4 Å². The first-order valence-corrected chi connectivity index (χ1v) is 42.8. The maximum absolute atomic E-state index is 15.4. The lowest BCUT2D eigenvalue weighted by molar-refractivity contribution is -0.186. The van der Waals surface area contributed by atoms with Crippen molar-refractivity contribution in [1.29, 1.82) is 0 Å². The molecule has 0 heterocycles. The first-order valence-electron chi connectivity index (χ1n) is 42.8. The van der Waals surface area contributed by atoms with Crippen LogP contribution in [0.2, 0.25) is 0 Å². The number of hydrogen-bond acceptors (Lipinski definition) is 2. The second kappa shape index (κ2) is 36.2. The minimum Gasteiger partial charge on any atom is -0.429 e. The quantitative estimate of drug-likeness (QED) is 0.0849. The zero-order valence-electron chi connectivity index (χ0n) is 76.3. The van der Waals surface area contributed by atoms with Crippen molar-refractivity contribution in [3.8, 4) is 61.4 Å². The van der Waals surface area contributed by atoms with Gasteiger partial charge in [-0.2, -0.15) is 8.78 Å². The summed E-state index contributed by atoms with van der Waals surface area (Å²) in [6.45, 7) is 47.3. The van der Waals surface area contributed by atoms with Crippen LogP contribution in [0.25, 0.3) is 98.7 Å². The summed E-state index contributed by atoms with van der Waals surface area (Å²) in [5.74, 6) is -1.44. The second-order valence-corrected chi connectivity index (χ2v) is 35.0. The Hall–Kier alpha value is -12.4. The SMILES string of the molecule is Cc1ccc(-c2cc(C)c3c(C)c(-c4cc(C)c(C)c(F)c4)c(C)cc3c2)cc1.Cc1ccc(-c2cc(C)c3c(C)c(C(=O)c4cc(C)c(C)c(F)c4)c(C)cc3c2)cc1.Cc1ccc(-c2cc(C)c3c(C)c(C(F)(F)Oc4cc(C)c(C)c(F)c4)c(C)cc3c2)cc1.Cc1ccc(-c2cc(C)c3c(C)c(CCc4cc(C)c(C)c(F)c4)c(C)cc3c2)cc1. The molecular formula is C116H112F6O2. The number of rotatable bonds is 13. The highest BCUT2D eigenvalue weighted by molar-refractivity contribution is 6.14. The Balaban J connectivity index is 0.000000142. The predicted octanol–water partition coefficient (Wildman–Crippen LogP) is 32.8. The molecule has 0 aliphatic carbocycles. The molecular weight excluding hydrogens is 1540 g/mol. The van der Waals surface area contributed by atoms with E-state index in [9.17, 15) is 22.4 Å². The average Bonchev–Trinajstić information content (AvgIpc) is 0.755. The van der Waals surface area contributed by atoms with Gasteiger partial charge in [0.25, 0.3) is 0 Å². The molecule has 16 rings (SSSR count). The summed E-state index contributed by atoms with van der Waals surface area (Å²) in [5, 5.41) is 9.04. The fourth-order valence-electron chi connectivity index (χ4n) is 18.4. The van der Waals surface area contributed by atoms with Crippen LogP contribution >= 0.6 is 0 Å². The number of hydrogen-bond donors (Lipinski definition) is 0. The summed E-state index contributed by atoms with van der Waals surface area (Å²) < 4.78 is 93.0. The molecule has 0 atom stereocenters. The number of fused-ring (bicyclic) bond motifs is 4. The van der Waals surface area contributed by atoms with Crippen LogP contribution < -0.4 is 4.74 Å². The van der Waals surface area contributed by atoms with E-state index < -0.39 is 11.9 Å². The van der Waals surface area contributed by atoms with Gasteiger partial charge in [0.15, 0.2) is 5.78 Å². The summed E-state index contributed by atoms with van der Waals surface area (Å²) in [6, 6.07) is 73.4. The van der Waals surface area contributed by atoms with Crippen molar-refractivity contribution in [3.63, 3.8) is 0 Å². The van der Waals surface area contributed by atoms with Gasteiger partial charge in [-0.15, -0.1) is 0 Å². The summed E-state index contributed by atoms with van der Waals surface area (Å²) in [4.78, 5) is 13.4. The molecule has 630 valence electrons. The lowest BCUT2D eigenvalue weighted by atomic mass is 9.87. The molecule has 0 saturated carbocycles. The smallest absolute Gasteiger partial charge is 0.427 e.